The van der Waals surface area contributed by atoms with E-state index >= 15 is 0 Å². The first kappa shape index (κ1) is 39.4. The van der Waals surface area contributed by atoms with Crippen molar-refractivity contribution < 1.29 is 47.6 Å². The molecule has 5 aromatic rings. The predicted octanol–water partition coefficient (Wildman–Crippen LogP) is 10.3. The number of rotatable bonds is 7. The maximum Gasteiger partial charge on any atom is 0.519 e. The van der Waals surface area contributed by atoms with E-state index in [1.54, 1.807) is 72.8 Å². The maximum atomic E-state index is 12.8. The second kappa shape index (κ2) is 17.7. The van der Waals surface area contributed by atoms with Gasteiger partial charge in [-0.15, -0.1) is 0 Å². The minimum Gasteiger partial charge on any atom is -0.427 e. The Morgan fingerprint density at radius 2 is 0.792 bits per heavy atom. The van der Waals surface area contributed by atoms with Gasteiger partial charge < -0.3 is 28.4 Å². The summed E-state index contributed by atoms with van der Waals surface area (Å²) in [4.78, 5) is 48.2. The Kier molecular flexibility index (Phi) is 13.1. The van der Waals surface area contributed by atoms with Crippen LogP contribution in [0.1, 0.15) is 70.0 Å². The minimum absolute atomic E-state index is 0.144. The number of esters is 2. The number of hydrogen-bond acceptors (Lipinski definition) is 10. The lowest BCUT2D eigenvalue weighted by atomic mass is 9.81. The molecule has 53 heavy (non-hydrogen) atoms. The Hall–Kier alpha value is -6.42. The Labute approximate surface area is 309 Å². The van der Waals surface area contributed by atoms with Crippen molar-refractivity contribution in [3.63, 3.8) is 0 Å². The second-order valence-corrected chi connectivity index (χ2v) is 13.7. The lowest BCUT2D eigenvalue weighted by molar-refractivity contribution is -0.131. The van der Waals surface area contributed by atoms with Crippen LogP contribution in [0.5, 0.6) is 34.5 Å². The summed E-state index contributed by atoms with van der Waals surface area (Å²) in [5.74, 6) is 1.01. The molecule has 5 aromatic carbocycles. The van der Waals surface area contributed by atoms with Gasteiger partial charge in [0.05, 0.1) is 5.56 Å². The van der Waals surface area contributed by atoms with Gasteiger partial charge in [-0.05, 0) is 71.5 Å². The van der Waals surface area contributed by atoms with Gasteiger partial charge in [0.25, 0.3) is 0 Å². The molecule has 0 fully saturated rings. The summed E-state index contributed by atoms with van der Waals surface area (Å²) >= 11 is 0. The zero-order valence-corrected chi connectivity index (χ0v) is 30.7. The van der Waals surface area contributed by atoms with Crippen molar-refractivity contribution >= 4 is 24.2 Å². The molecule has 0 aliphatic rings. The van der Waals surface area contributed by atoms with Gasteiger partial charge >= 0.3 is 24.2 Å². The minimum atomic E-state index is -0.979. The average Bonchev–Trinajstić information content (AvgIpc) is 3.09. The van der Waals surface area contributed by atoms with E-state index in [1.807, 2.05) is 84.0 Å². The largest absolute Gasteiger partial charge is 0.519 e. The molecule has 0 saturated heterocycles. The van der Waals surface area contributed by atoms with Crippen molar-refractivity contribution in [3.8, 4) is 34.5 Å². The third kappa shape index (κ3) is 12.4. The summed E-state index contributed by atoms with van der Waals surface area (Å²) in [6.07, 6.45) is -1.87. The zero-order valence-electron chi connectivity index (χ0n) is 30.7. The molecule has 0 atom stereocenters. The van der Waals surface area contributed by atoms with E-state index in [1.165, 1.54) is 19.1 Å². The summed E-state index contributed by atoms with van der Waals surface area (Å²) in [5.41, 5.74) is 0.803. The van der Waals surface area contributed by atoms with Crippen molar-refractivity contribution in [2.24, 2.45) is 0 Å². The lowest BCUT2D eigenvalue weighted by Crippen LogP contribution is -2.23. The molecule has 5 rings (SSSR count). The van der Waals surface area contributed by atoms with E-state index < -0.39 is 29.1 Å². The van der Waals surface area contributed by atoms with Crippen LogP contribution in [0.2, 0.25) is 0 Å². The smallest absolute Gasteiger partial charge is 0.427 e. The van der Waals surface area contributed by atoms with Crippen molar-refractivity contribution in [2.75, 3.05) is 0 Å². The summed E-state index contributed by atoms with van der Waals surface area (Å²) in [5, 5.41) is 0. The molecule has 0 saturated carbocycles. The molecule has 0 heterocycles. The summed E-state index contributed by atoms with van der Waals surface area (Å²) in [7, 11) is 0. The molecule has 10 nitrogen and oxygen atoms in total. The molecule has 0 spiro atoms. The van der Waals surface area contributed by atoms with Gasteiger partial charge in [0.2, 0.25) is 0 Å². The second-order valence-electron chi connectivity index (χ2n) is 13.7. The molecule has 0 aliphatic heterocycles. The highest BCUT2D eigenvalue weighted by Crippen LogP contribution is 2.41. The molecule has 0 radical (unpaired) electrons. The van der Waals surface area contributed by atoms with Crippen LogP contribution >= 0.6 is 0 Å². The van der Waals surface area contributed by atoms with Crippen molar-refractivity contribution in [2.45, 2.75) is 59.3 Å². The van der Waals surface area contributed by atoms with Gasteiger partial charge in [-0.25, -0.2) is 14.4 Å². The van der Waals surface area contributed by atoms with Crippen molar-refractivity contribution in [1.82, 2.24) is 0 Å². The van der Waals surface area contributed by atoms with E-state index in [4.69, 9.17) is 28.4 Å². The van der Waals surface area contributed by atoms with Gasteiger partial charge in [0.1, 0.15) is 34.5 Å². The van der Waals surface area contributed by atoms with Crippen LogP contribution in [0.25, 0.3) is 0 Å². The molecule has 0 unspecified atom stereocenters. The number of carbonyl (C=O) groups excluding carboxylic acids is 4. The zero-order chi connectivity index (χ0) is 38.6. The third-order valence-corrected chi connectivity index (χ3v) is 7.26. The highest BCUT2D eigenvalue weighted by molar-refractivity contribution is 5.90. The number of benzene rings is 5. The quantitative estimate of drug-likeness (QED) is 0.0912. The molecule has 0 bridgehead atoms. The molecule has 0 amide bonds. The van der Waals surface area contributed by atoms with Crippen LogP contribution in [0.4, 0.5) is 9.59 Å². The van der Waals surface area contributed by atoms with E-state index in [2.05, 4.69) is 0 Å². The Morgan fingerprint density at radius 1 is 0.415 bits per heavy atom. The maximum absolute atomic E-state index is 12.8. The van der Waals surface area contributed by atoms with Gasteiger partial charge in [-0.1, -0.05) is 102 Å². The normalized spacial score (nSPS) is 10.8. The monoisotopic (exact) mass is 718 g/mol. The first-order valence-corrected chi connectivity index (χ1v) is 16.7. The number of para-hydroxylation sites is 2. The van der Waals surface area contributed by atoms with Gasteiger partial charge in [-0.2, -0.15) is 0 Å². The summed E-state index contributed by atoms with van der Waals surface area (Å²) < 4.78 is 32.1. The van der Waals surface area contributed by atoms with E-state index in [9.17, 15) is 19.2 Å². The summed E-state index contributed by atoms with van der Waals surface area (Å²) in [6, 6.07) is 36.0. The van der Waals surface area contributed by atoms with E-state index in [0.29, 0.717) is 28.2 Å². The van der Waals surface area contributed by atoms with Crippen LogP contribution in [0.3, 0.4) is 0 Å². The van der Waals surface area contributed by atoms with Gasteiger partial charge in [0, 0.05) is 24.1 Å². The predicted molar refractivity (Wildman–Crippen MR) is 199 cm³/mol. The summed E-state index contributed by atoms with van der Waals surface area (Å²) in [6.45, 7) is 12.9. The molecule has 0 aliphatic carbocycles. The van der Waals surface area contributed by atoms with E-state index in [0.717, 1.165) is 0 Å². The Bertz CT molecular complexity index is 2010. The van der Waals surface area contributed by atoms with Crippen molar-refractivity contribution in [1.29, 1.82) is 0 Å². The van der Waals surface area contributed by atoms with Crippen LogP contribution in [-0.2, 0) is 15.6 Å². The average molecular weight is 719 g/mol. The topological polar surface area (TPSA) is 124 Å². The van der Waals surface area contributed by atoms with Gasteiger partial charge in [0.15, 0.2) is 0 Å². The molecular weight excluding hydrogens is 676 g/mol. The number of hydrogen-bond donors (Lipinski definition) is 0. The molecule has 10 heteroatoms. The number of carbonyl (C=O) groups is 4. The Balaban J connectivity index is 0.000000346. The third-order valence-electron chi connectivity index (χ3n) is 7.26. The lowest BCUT2D eigenvalue weighted by Gasteiger charge is -2.28. The molecular formula is C43H42O10. The van der Waals surface area contributed by atoms with Crippen LogP contribution < -0.4 is 28.4 Å². The van der Waals surface area contributed by atoms with Crippen LogP contribution in [0, 0.1) is 0 Å². The molecule has 0 aromatic heterocycles. The fourth-order valence-electron chi connectivity index (χ4n) is 4.80. The fraction of sp³-hybridized carbons (Fsp3) is 0.209. The van der Waals surface area contributed by atoms with Crippen LogP contribution in [-0.4, -0.2) is 24.2 Å². The molecule has 0 N–H and O–H groups in total. The standard InChI is InChI=1S/C30H32O8.C13H10O2/c1-19(31)34-21-14-11-15-22(16-21)36-28(33)38-26-18-23(29(2,3)4)25(17-24(26)30(5,6)7)37-27(32)35-20-12-9-8-10-13-20;14-13(11-7-3-1-4-8-11)15-12-9-5-2-6-10-12/h8-18H,1-7H3;1-10H. The van der Waals surface area contributed by atoms with Crippen LogP contribution in [0.15, 0.2) is 127 Å². The van der Waals surface area contributed by atoms with Crippen molar-refractivity contribution in [3.05, 3.63) is 144 Å². The molecule has 274 valence electrons. The van der Waals surface area contributed by atoms with Gasteiger partial charge in [-0.3, -0.25) is 4.79 Å². The van der Waals surface area contributed by atoms with E-state index in [-0.39, 0.29) is 29.0 Å². The highest BCUT2D eigenvalue weighted by atomic mass is 16.7. The Morgan fingerprint density at radius 3 is 1.23 bits per heavy atom. The number of ether oxygens (including phenoxy) is 6. The highest BCUT2D eigenvalue weighted by Gasteiger charge is 2.29. The fourth-order valence-corrected chi connectivity index (χ4v) is 4.80. The SMILES string of the molecule is CC(=O)Oc1cccc(OC(=O)Oc2cc(C(C)(C)C)c(OC(=O)Oc3ccccc3)cc2C(C)(C)C)c1.O=C(Oc1ccccc1)c1ccccc1. The first-order chi connectivity index (χ1) is 25.1. The first-order valence-electron chi connectivity index (χ1n) is 16.7.